The van der Waals surface area contributed by atoms with Crippen molar-refractivity contribution in [3.63, 3.8) is 0 Å². The number of rotatable bonds is 4. The van der Waals surface area contributed by atoms with E-state index in [-0.39, 0.29) is 16.4 Å². The first-order valence-corrected chi connectivity index (χ1v) is 7.15. The molecular formula is C15H17ClO5. The average molecular weight is 313 g/mol. The Morgan fingerprint density at radius 2 is 1.71 bits per heavy atom. The normalized spacial score (nSPS) is 16.7. The van der Waals surface area contributed by atoms with Crippen LogP contribution in [-0.2, 0) is 4.79 Å². The van der Waals surface area contributed by atoms with Gasteiger partial charge in [0.05, 0.1) is 24.2 Å². The first-order valence-electron chi connectivity index (χ1n) is 6.78. The van der Waals surface area contributed by atoms with Crippen LogP contribution in [0, 0.1) is 11.8 Å². The highest BCUT2D eigenvalue weighted by molar-refractivity contribution is 6.34. The molecule has 0 spiro atoms. The summed E-state index contributed by atoms with van der Waals surface area (Å²) in [6.07, 6.45) is 0.752. The molecule has 0 aliphatic carbocycles. The van der Waals surface area contributed by atoms with Crippen LogP contribution in [0.2, 0.25) is 5.02 Å². The van der Waals surface area contributed by atoms with Crippen LogP contribution in [0.1, 0.15) is 30.6 Å². The van der Waals surface area contributed by atoms with Crippen molar-refractivity contribution in [3.8, 4) is 11.5 Å². The van der Waals surface area contributed by atoms with Crippen molar-refractivity contribution in [2.24, 2.45) is 11.8 Å². The monoisotopic (exact) mass is 312 g/mol. The number of ether oxygens (including phenoxy) is 2. The molecule has 0 aromatic heterocycles. The maximum absolute atomic E-state index is 12.4. The van der Waals surface area contributed by atoms with E-state index in [9.17, 15) is 9.59 Å². The molecule has 5 nitrogen and oxygen atoms in total. The van der Waals surface area contributed by atoms with Gasteiger partial charge in [-0.2, -0.15) is 0 Å². The van der Waals surface area contributed by atoms with Crippen molar-refractivity contribution in [1.82, 2.24) is 0 Å². The van der Waals surface area contributed by atoms with E-state index in [1.807, 2.05) is 0 Å². The molecule has 1 aliphatic heterocycles. The third-order valence-electron chi connectivity index (χ3n) is 3.66. The van der Waals surface area contributed by atoms with Crippen LogP contribution in [0.3, 0.4) is 0 Å². The number of Topliss-reactive ketones (excluding diaryl/α,β-unsaturated/α-hetero) is 1. The number of hydrogen-bond acceptors (Lipinski definition) is 4. The molecule has 1 aromatic rings. The molecule has 0 fully saturated rings. The maximum Gasteiger partial charge on any atom is 0.306 e. The van der Waals surface area contributed by atoms with Crippen molar-refractivity contribution in [2.75, 3.05) is 13.2 Å². The number of aliphatic carboxylic acids is 1. The van der Waals surface area contributed by atoms with Gasteiger partial charge in [0, 0.05) is 24.0 Å². The number of carboxylic acid groups (broad SMARTS) is 1. The smallest absolute Gasteiger partial charge is 0.306 e. The minimum atomic E-state index is -1.01. The predicted octanol–water partition coefficient (Wildman–Crippen LogP) is 3.04. The number of hydrogen-bond donors (Lipinski definition) is 1. The highest BCUT2D eigenvalue weighted by atomic mass is 35.5. The zero-order chi connectivity index (χ0) is 15.6. The molecule has 1 N–H and O–H groups in total. The Bertz CT molecular complexity index is 569. The molecule has 2 atom stereocenters. The molecule has 6 heteroatoms. The van der Waals surface area contributed by atoms with Crippen LogP contribution in [0.25, 0.3) is 0 Å². The second-order valence-electron chi connectivity index (χ2n) is 5.11. The molecule has 0 amide bonds. The Morgan fingerprint density at radius 1 is 1.14 bits per heavy atom. The van der Waals surface area contributed by atoms with Crippen LogP contribution in [0.15, 0.2) is 12.1 Å². The second kappa shape index (κ2) is 6.35. The number of carboxylic acids is 1. The van der Waals surface area contributed by atoms with E-state index < -0.39 is 17.8 Å². The van der Waals surface area contributed by atoms with Crippen molar-refractivity contribution in [2.45, 2.75) is 20.3 Å². The van der Waals surface area contributed by atoms with E-state index in [0.717, 1.165) is 6.42 Å². The molecule has 21 heavy (non-hydrogen) atoms. The largest absolute Gasteiger partial charge is 0.490 e. The molecule has 0 saturated carbocycles. The van der Waals surface area contributed by atoms with Gasteiger partial charge in [0.2, 0.25) is 0 Å². The summed E-state index contributed by atoms with van der Waals surface area (Å²) in [5.74, 6) is -1.82. The summed E-state index contributed by atoms with van der Waals surface area (Å²) in [7, 11) is 0. The summed E-state index contributed by atoms with van der Waals surface area (Å²) in [5.41, 5.74) is 0.265. The number of carbonyl (C=O) groups excluding carboxylic acids is 1. The van der Waals surface area contributed by atoms with Crippen LogP contribution < -0.4 is 9.47 Å². The van der Waals surface area contributed by atoms with Gasteiger partial charge in [-0.15, -0.1) is 0 Å². The van der Waals surface area contributed by atoms with Gasteiger partial charge in [-0.05, 0) is 6.07 Å². The topological polar surface area (TPSA) is 72.8 Å². The molecule has 0 radical (unpaired) electrons. The van der Waals surface area contributed by atoms with Gasteiger partial charge in [-0.25, -0.2) is 0 Å². The Labute approximate surface area is 127 Å². The lowest BCUT2D eigenvalue weighted by molar-refractivity contribution is -0.142. The first-order chi connectivity index (χ1) is 9.91. The summed E-state index contributed by atoms with van der Waals surface area (Å²) in [5, 5.41) is 9.26. The molecule has 2 unspecified atom stereocenters. The van der Waals surface area contributed by atoms with Gasteiger partial charge in [-0.1, -0.05) is 25.4 Å². The quantitative estimate of drug-likeness (QED) is 0.865. The first kappa shape index (κ1) is 15.6. The standard InChI is InChI=1S/C15H17ClO5/c1-8(9(2)15(18)19)14(17)10-6-12-13(7-11(10)16)21-5-3-4-20-12/h6-9H,3-5H2,1-2H3,(H,18,19). The van der Waals surface area contributed by atoms with Gasteiger partial charge in [0.15, 0.2) is 17.3 Å². The molecule has 1 aliphatic rings. The molecule has 2 rings (SSSR count). The summed E-state index contributed by atoms with van der Waals surface area (Å²) in [6.45, 7) is 4.12. The fourth-order valence-electron chi connectivity index (χ4n) is 2.06. The van der Waals surface area contributed by atoms with E-state index in [1.54, 1.807) is 13.0 Å². The average Bonchev–Trinajstić information content (AvgIpc) is 2.68. The number of fused-ring (bicyclic) bond motifs is 1. The summed E-state index contributed by atoms with van der Waals surface area (Å²) in [6, 6.07) is 3.09. The number of benzene rings is 1. The van der Waals surface area contributed by atoms with Crippen molar-refractivity contribution in [1.29, 1.82) is 0 Å². The van der Waals surface area contributed by atoms with Crippen molar-refractivity contribution < 1.29 is 24.2 Å². The molecule has 0 saturated heterocycles. The number of ketones is 1. The third-order valence-corrected chi connectivity index (χ3v) is 3.97. The zero-order valence-corrected chi connectivity index (χ0v) is 12.6. The maximum atomic E-state index is 12.4. The van der Waals surface area contributed by atoms with Crippen LogP contribution >= 0.6 is 11.6 Å². The fraction of sp³-hybridized carbons (Fsp3) is 0.467. The van der Waals surface area contributed by atoms with E-state index in [1.165, 1.54) is 13.0 Å². The lowest BCUT2D eigenvalue weighted by Gasteiger charge is -2.17. The van der Waals surface area contributed by atoms with Crippen LogP contribution in [-0.4, -0.2) is 30.1 Å². The van der Waals surface area contributed by atoms with Crippen molar-refractivity contribution in [3.05, 3.63) is 22.7 Å². The molecular weight excluding hydrogens is 296 g/mol. The molecule has 1 heterocycles. The molecule has 114 valence electrons. The van der Waals surface area contributed by atoms with Crippen molar-refractivity contribution >= 4 is 23.4 Å². The summed E-state index contributed by atoms with van der Waals surface area (Å²) in [4.78, 5) is 23.4. The summed E-state index contributed by atoms with van der Waals surface area (Å²) >= 11 is 6.13. The van der Waals surface area contributed by atoms with E-state index in [2.05, 4.69) is 0 Å². The van der Waals surface area contributed by atoms with Gasteiger partial charge in [0.1, 0.15) is 0 Å². The summed E-state index contributed by atoms with van der Waals surface area (Å²) < 4.78 is 11.0. The fourth-order valence-corrected chi connectivity index (χ4v) is 2.31. The van der Waals surface area contributed by atoms with Gasteiger partial charge in [0.25, 0.3) is 0 Å². The minimum Gasteiger partial charge on any atom is -0.490 e. The Hall–Kier alpha value is -1.75. The predicted molar refractivity (Wildman–Crippen MR) is 77.4 cm³/mol. The lowest BCUT2D eigenvalue weighted by atomic mass is 9.88. The molecule has 0 bridgehead atoms. The zero-order valence-electron chi connectivity index (χ0n) is 11.9. The Morgan fingerprint density at radius 3 is 2.29 bits per heavy atom. The minimum absolute atomic E-state index is 0.244. The van der Waals surface area contributed by atoms with Gasteiger partial charge in [-0.3, -0.25) is 9.59 Å². The highest BCUT2D eigenvalue weighted by Crippen LogP contribution is 2.36. The van der Waals surface area contributed by atoms with Crippen LogP contribution in [0.5, 0.6) is 11.5 Å². The van der Waals surface area contributed by atoms with Crippen LogP contribution in [0.4, 0.5) is 0 Å². The number of carbonyl (C=O) groups is 2. The third kappa shape index (κ3) is 3.29. The number of halogens is 1. The van der Waals surface area contributed by atoms with E-state index in [4.69, 9.17) is 26.2 Å². The van der Waals surface area contributed by atoms with E-state index >= 15 is 0 Å². The Kier molecular flexibility index (Phi) is 4.73. The van der Waals surface area contributed by atoms with Gasteiger partial charge >= 0.3 is 5.97 Å². The second-order valence-corrected chi connectivity index (χ2v) is 5.52. The SMILES string of the molecule is CC(C(=O)O)C(C)C(=O)c1cc2c(cc1Cl)OCCCO2. The highest BCUT2D eigenvalue weighted by Gasteiger charge is 2.29. The lowest BCUT2D eigenvalue weighted by Crippen LogP contribution is -2.25. The molecule has 1 aromatic carbocycles. The van der Waals surface area contributed by atoms with Gasteiger partial charge < -0.3 is 14.6 Å². The Balaban J connectivity index is 2.33. The van der Waals surface area contributed by atoms with E-state index in [0.29, 0.717) is 24.7 Å².